The SMILES string of the molecule is COc1csc(-c2nc(Cl)c3cc(Cl)cc(Cl)c3n2)c1. The van der Waals surface area contributed by atoms with Gasteiger partial charge in [-0.3, -0.25) is 0 Å². The average molecular weight is 346 g/mol. The highest BCUT2D eigenvalue weighted by Crippen LogP contribution is 2.34. The molecule has 0 aliphatic carbocycles. The van der Waals surface area contributed by atoms with E-state index >= 15 is 0 Å². The predicted octanol–water partition coefficient (Wildman–Crippen LogP) is 5.33. The third kappa shape index (κ3) is 2.44. The maximum absolute atomic E-state index is 6.20. The summed E-state index contributed by atoms with van der Waals surface area (Å²) < 4.78 is 5.15. The number of halogens is 3. The molecule has 3 nitrogen and oxygen atoms in total. The van der Waals surface area contributed by atoms with E-state index in [-0.39, 0.29) is 0 Å². The molecule has 0 unspecified atom stereocenters. The smallest absolute Gasteiger partial charge is 0.171 e. The van der Waals surface area contributed by atoms with Crippen LogP contribution in [0.4, 0.5) is 0 Å². The standard InChI is InChI=1S/C13H7Cl3N2OS/c1-19-7-4-10(20-5-7)13-17-11-8(12(16)18-13)2-6(14)3-9(11)15/h2-5H,1H3. The van der Waals surface area contributed by atoms with E-state index in [9.17, 15) is 0 Å². The molecule has 102 valence electrons. The third-order valence-electron chi connectivity index (χ3n) is 2.70. The number of benzene rings is 1. The van der Waals surface area contributed by atoms with E-state index in [1.807, 2.05) is 11.4 Å². The van der Waals surface area contributed by atoms with Crippen molar-refractivity contribution in [3.8, 4) is 16.5 Å². The van der Waals surface area contributed by atoms with Crippen molar-refractivity contribution < 1.29 is 4.74 Å². The fourth-order valence-electron chi connectivity index (χ4n) is 1.77. The summed E-state index contributed by atoms with van der Waals surface area (Å²) in [6.45, 7) is 0. The molecule has 3 rings (SSSR count). The molecule has 7 heteroatoms. The first-order chi connectivity index (χ1) is 9.58. The van der Waals surface area contributed by atoms with Gasteiger partial charge in [0, 0.05) is 21.9 Å². The Morgan fingerprint density at radius 2 is 1.90 bits per heavy atom. The van der Waals surface area contributed by atoms with Crippen LogP contribution in [0.3, 0.4) is 0 Å². The molecule has 0 N–H and O–H groups in total. The molecule has 0 radical (unpaired) electrons. The van der Waals surface area contributed by atoms with Gasteiger partial charge < -0.3 is 4.74 Å². The lowest BCUT2D eigenvalue weighted by Gasteiger charge is -2.05. The van der Waals surface area contributed by atoms with Gasteiger partial charge in [0.15, 0.2) is 5.82 Å². The van der Waals surface area contributed by atoms with Crippen molar-refractivity contribution in [1.29, 1.82) is 0 Å². The Labute approximate surface area is 134 Å². The Hall–Kier alpha value is -1.07. The van der Waals surface area contributed by atoms with Gasteiger partial charge in [-0.15, -0.1) is 11.3 Å². The number of thiophene rings is 1. The minimum Gasteiger partial charge on any atom is -0.496 e. The summed E-state index contributed by atoms with van der Waals surface area (Å²) in [6, 6.07) is 5.18. The Bertz CT molecular complexity index is 804. The van der Waals surface area contributed by atoms with Gasteiger partial charge in [0.25, 0.3) is 0 Å². The Balaban J connectivity index is 2.23. The maximum atomic E-state index is 6.20. The minimum atomic E-state index is 0.321. The van der Waals surface area contributed by atoms with Crippen LogP contribution < -0.4 is 4.74 Å². The first-order valence-corrected chi connectivity index (χ1v) is 7.55. The van der Waals surface area contributed by atoms with E-state index < -0.39 is 0 Å². The van der Waals surface area contributed by atoms with Crippen molar-refractivity contribution in [3.05, 3.63) is 38.8 Å². The van der Waals surface area contributed by atoms with Gasteiger partial charge in [-0.25, -0.2) is 9.97 Å². The van der Waals surface area contributed by atoms with Gasteiger partial charge in [0.1, 0.15) is 10.9 Å². The van der Waals surface area contributed by atoms with Gasteiger partial charge in [-0.2, -0.15) is 0 Å². The van der Waals surface area contributed by atoms with Crippen LogP contribution in [0.25, 0.3) is 21.6 Å². The summed E-state index contributed by atoms with van der Waals surface area (Å²) in [7, 11) is 1.61. The summed E-state index contributed by atoms with van der Waals surface area (Å²) in [5, 5.41) is 3.78. The first kappa shape index (κ1) is 13.9. The van der Waals surface area contributed by atoms with Gasteiger partial charge in [-0.1, -0.05) is 34.8 Å². The van der Waals surface area contributed by atoms with Crippen LogP contribution in [0, 0.1) is 0 Å². The van der Waals surface area contributed by atoms with Gasteiger partial charge >= 0.3 is 0 Å². The van der Waals surface area contributed by atoms with Gasteiger partial charge in [-0.05, 0) is 12.1 Å². The fourth-order valence-corrected chi connectivity index (χ4v) is 3.32. The van der Waals surface area contributed by atoms with Crippen molar-refractivity contribution in [2.45, 2.75) is 0 Å². The minimum absolute atomic E-state index is 0.321. The molecular weight excluding hydrogens is 339 g/mol. The second kappa shape index (κ2) is 5.37. The van der Waals surface area contributed by atoms with Crippen molar-refractivity contribution in [3.63, 3.8) is 0 Å². The molecule has 0 spiro atoms. The number of hydrogen-bond donors (Lipinski definition) is 0. The van der Waals surface area contributed by atoms with Crippen LogP contribution in [0.1, 0.15) is 0 Å². The van der Waals surface area contributed by atoms with E-state index in [0.29, 0.717) is 31.9 Å². The van der Waals surface area contributed by atoms with Crippen LogP contribution in [-0.2, 0) is 0 Å². The number of aromatic nitrogens is 2. The van der Waals surface area contributed by atoms with E-state index in [2.05, 4.69) is 9.97 Å². The molecule has 3 aromatic rings. The fraction of sp³-hybridized carbons (Fsp3) is 0.0769. The van der Waals surface area contributed by atoms with Gasteiger partial charge in [0.05, 0.1) is 22.5 Å². The van der Waals surface area contributed by atoms with Crippen LogP contribution in [-0.4, -0.2) is 17.1 Å². The lowest BCUT2D eigenvalue weighted by molar-refractivity contribution is 0.417. The number of ether oxygens (including phenoxy) is 1. The quantitative estimate of drug-likeness (QED) is 0.589. The topological polar surface area (TPSA) is 35.0 Å². The third-order valence-corrected chi connectivity index (χ3v) is 4.40. The molecule has 1 aromatic carbocycles. The summed E-state index contributed by atoms with van der Waals surface area (Å²) >= 11 is 19.8. The first-order valence-electron chi connectivity index (χ1n) is 5.53. The number of methoxy groups -OCH3 is 1. The van der Waals surface area contributed by atoms with Crippen molar-refractivity contribution in [2.75, 3.05) is 7.11 Å². The molecule has 0 amide bonds. The summed E-state index contributed by atoms with van der Waals surface area (Å²) in [5.74, 6) is 1.27. The van der Waals surface area contributed by atoms with E-state index in [1.165, 1.54) is 11.3 Å². The van der Waals surface area contributed by atoms with Gasteiger partial charge in [0.2, 0.25) is 0 Å². The van der Waals surface area contributed by atoms with E-state index in [0.717, 1.165) is 10.6 Å². The van der Waals surface area contributed by atoms with Crippen LogP contribution in [0.5, 0.6) is 5.75 Å². The summed E-state index contributed by atoms with van der Waals surface area (Å²) in [5.41, 5.74) is 0.582. The zero-order chi connectivity index (χ0) is 14.3. The Kier molecular flexibility index (Phi) is 3.73. The monoisotopic (exact) mass is 344 g/mol. The van der Waals surface area contributed by atoms with Crippen molar-refractivity contribution in [1.82, 2.24) is 9.97 Å². The molecule has 0 saturated carbocycles. The summed E-state index contributed by atoms with van der Waals surface area (Å²) in [6.07, 6.45) is 0. The molecule has 20 heavy (non-hydrogen) atoms. The zero-order valence-corrected chi connectivity index (χ0v) is 13.2. The largest absolute Gasteiger partial charge is 0.496 e. The average Bonchev–Trinajstić information content (AvgIpc) is 2.88. The van der Waals surface area contributed by atoms with Crippen molar-refractivity contribution in [2.24, 2.45) is 0 Å². The Morgan fingerprint density at radius 3 is 2.60 bits per heavy atom. The molecular formula is C13H7Cl3N2OS. The molecule has 0 fully saturated rings. The van der Waals surface area contributed by atoms with E-state index in [4.69, 9.17) is 39.5 Å². The lowest BCUT2D eigenvalue weighted by Crippen LogP contribution is -1.91. The lowest BCUT2D eigenvalue weighted by atomic mass is 10.2. The highest BCUT2D eigenvalue weighted by atomic mass is 35.5. The second-order valence-corrected chi connectivity index (χ2v) is 6.09. The van der Waals surface area contributed by atoms with Crippen molar-refractivity contribution >= 4 is 57.0 Å². The molecule has 0 saturated heterocycles. The number of hydrogen-bond acceptors (Lipinski definition) is 4. The molecule has 2 heterocycles. The number of rotatable bonds is 2. The Morgan fingerprint density at radius 1 is 1.10 bits per heavy atom. The zero-order valence-electron chi connectivity index (χ0n) is 10.2. The van der Waals surface area contributed by atoms with Crippen LogP contribution >= 0.6 is 46.1 Å². The van der Waals surface area contributed by atoms with E-state index in [1.54, 1.807) is 19.2 Å². The second-order valence-electron chi connectivity index (χ2n) is 3.97. The summed E-state index contributed by atoms with van der Waals surface area (Å²) in [4.78, 5) is 9.61. The molecule has 0 aliphatic heterocycles. The molecule has 0 atom stereocenters. The highest BCUT2D eigenvalue weighted by molar-refractivity contribution is 7.13. The maximum Gasteiger partial charge on any atom is 0.171 e. The number of nitrogens with zero attached hydrogens (tertiary/aromatic N) is 2. The molecule has 0 bridgehead atoms. The highest BCUT2D eigenvalue weighted by Gasteiger charge is 2.13. The molecule has 2 aromatic heterocycles. The molecule has 0 aliphatic rings. The normalized spacial score (nSPS) is 11.0. The van der Waals surface area contributed by atoms with Crippen LogP contribution in [0.2, 0.25) is 15.2 Å². The predicted molar refractivity (Wildman–Crippen MR) is 84.4 cm³/mol. The van der Waals surface area contributed by atoms with Crippen LogP contribution in [0.15, 0.2) is 23.6 Å². The number of fused-ring (bicyclic) bond motifs is 1.